The Kier molecular flexibility index (Phi) is 6.68. The van der Waals surface area contributed by atoms with E-state index in [1.54, 1.807) is 24.1 Å². The topological polar surface area (TPSA) is 78.9 Å². The van der Waals surface area contributed by atoms with E-state index in [2.05, 4.69) is 5.32 Å². The Morgan fingerprint density at radius 2 is 1.95 bits per heavy atom. The van der Waals surface area contributed by atoms with Crippen LogP contribution < -0.4 is 10.1 Å². The largest absolute Gasteiger partial charge is 0.492 e. The molecule has 0 fully saturated rings. The van der Waals surface area contributed by atoms with Crippen molar-refractivity contribution in [3.63, 3.8) is 0 Å². The normalized spacial score (nSPS) is 11.8. The molecule has 6 nitrogen and oxygen atoms in total. The van der Waals surface area contributed by atoms with Gasteiger partial charge in [0.15, 0.2) is 0 Å². The molecule has 0 bridgehead atoms. The van der Waals surface area contributed by atoms with Gasteiger partial charge >= 0.3 is 5.97 Å². The molecule has 21 heavy (non-hydrogen) atoms. The molecule has 116 valence electrons. The molecule has 0 heterocycles. The van der Waals surface area contributed by atoms with Crippen molar-refractivity contribution in [2.24, 2.45) is 0 Å². The number of carbonyl (C=O) groups excluding carboxylic acids is 1. The van der Waals surface area contributed by atoms with Crippen molar-refractivity contribution in [1.29, 1.82) is 0 Å². The van der Waals surface area contributed by atoms with Gasteiger partial charge in [0.25, 0.3) is 0 Å². The van der Waals surface area contributed by atoms with Gasteiger partial charge in [-0.2, -0.15) is 0 Å². The fourth-order valence-electron chi connectivity index (χ4n) is 1.71. The Morgan fingerprint density at radius 3 is 2.48 bits per heavy atom. The highest BCUT2D eigenvalue weighted by atomic mass is 16.5. The van der Waals surface area contributed by atoms with Crippen LogP contribution in [0.25, 0.3) is 0 Å². The van der Waals surface area contributed by atoms with Crippen molar-refractivity contribution >= 4 is 11.9 Å². The van der Waals surface area contributed by atoms with Gasteiger partial charge in [-0.05, 0) is 38.1 Å². The van der Waals surface area contributed by atoms with Crippen molar-refractivity contribution in [2.75, 3.05) is 26.7 Å². The standard InChI is InChI=1S/C15H22N2O4/c1-4-17(3)14(18)11(2)16-9-10-21-13-7-5-12(6-8-13)15(19)20/h5-8,11,16H,4,9-10H2,1-3H3,(H,19,20). The average molecular weight is 294 g/mol. The molecule has 0 aliphatic carbocycles. The fraction of sp³-hybridized carbons (Fsp3) is 0.467. The number of carboxylic acid groups (broad SMARTS) is 1. The van der Waals surface area contributed by atoms with Crippen LogP contribution in [0, 0.1) is 0 Å². The van der Waals surface area contributed by atoms with Crippen molar-refractivity contribution < 1.29 is 19.4 Å². The number of nitrogens with zero attached hydrogens (tertiary/aromatic N) is 1. The second kappa shape index (κ2) is 8.26. The van der Waals surface area contributed by atoms with Gasteiger partial charge in [-0.15, -0.1) is 0 Å². The molecule has 0 saturated carbocycles. The van der Waals surface area contributed by atoms with Crippen molar-refractivity contribution in [3.8, 4) is 5.75 Å². The number of carboxylic acids is 1. The number of hydrogen-bond acceptors (Lipinski definition) is 4. The Labute approximate surface area is 124 Å². The maximum absolute atomic E-state index is 11.8. The summed E-state index contributed by atoms with van der Waals surface area (Å²) >= 11 is 0. The predicted molar refractivity (Wildman–Crippen MR) is 79.7 cm³/mol. The Balaban J connectivity index is 2.31. The minimum atomic E-state index is -0.962. The molecule has 1 atom stereocenters. The number of ether oxygens (including phenoxy) is 1. The quantitative estimate of drug-likeness (QED) is 0.705. The van der Waals surface area contributed by atoms with Crippen molar-refractivity contribution in [2.45, 2.75) is 19.9 Å². The SMILES string of the molecule is CCN(C)C(=O)C(C)NCCOc1ccc(C(=O)O)cc1. The van der Waals surface area contributed by atoms with Gasteiger partial charge in [-0.3, -0.25) is 4.79 Å². The molecule has 0 saturated heterocycles. The second-order valence-electron chi connectivity index (χ2n) is 4.71. The lowest BCUT2D eigenvalue weighted by atomic mass is 10.2. The highest BCUT2D eigenvalue weighted by molar-refractivity contribution is 5.87. The number of nitrogens with one attached hydrogen (secondary N) is 1. The maximum Gasteiger partial charge on any atom is 0.335 e. The van der Waals surface area contributed by atoms with Crippen LogP contribution in [-0.2, 0) is 4.79 Å². The highest BCUT2D eigenvalue weighted by Crippen LogP contribution is 2.11. The van der Waals surface area contributed by atoms with E-state index in [4.69, 9.17) is 9.84 Å². The summed E-state index contributed by atoms with van der Waals surface area (Å²) in [5.74, 6) is -0.314. The van der Waals surface area contributed by atoms with Crippen LogP contribution in [0.4, 0.5) is 0 Å². The molecular weight excluding hydrogens is 272 g/mol. The van der Waals surface area contributed by atoms with Crippen LogP contribution in [0.1, 0.15) is 24.2 Å². The van der Waals surface area contributed by atoms with Crippen LogP contribution >= 0.6 is 0 Å². The molecule has 0 spiro atoms. The number of hydrogen-bond donors (Lipinski definition) is 2. The van der Waals surface area contributed by atoms with Gasteiger partial charge in [0.1, 0.15) is 12.4 Å². The van der Waals surface area contributed by atoms with E-state index in [-0.39, 0.29) is 17.5 Å². The van der Waals surface area contributed by atoms with E-state index in [1.807, 2.05) is 13.8 Å². The van der Waals surface area contributed by atoms with Gasteiger partial charge in [0, 0.05) is 20.1 Å². The first-order valence-electron chi connectivity index (χ1n) is 6.90. The van der Waals surface area contributed by atoms with E-state index in [9.17, 15) is 9.59 Å². The van der Waals surface area contributed by atoms with E-state index in [0.29, 0.717) is 25.4 Å². The lowest BCUT2D eigenvalue weighted by Gasteiger charge is -2.20. The second-order valence-corrected chi connectivity index (χ2v) is 4.71. The van der Waals surface area contributed by atoms with Crippen LogP contribution in [0.5, 0.6) is 5.75 Å². The number of amides is 1. The average Bonchev–Trinajstić information content (AvgIpc) is 2.50. The fourth-order valence-corrected chi connectivity index (χ4v) is 1.71. The van der Waals surface area contributed by atoms with Gasteiger partial charge in [0.2, 0.25) is 5.91 Å². The summed E-state index contributed by atoms with van der Waals surface area (Å²) in [6, 6.07) is 5.96. The highest BCUT2D eigenvalue weighted by Gasteiger charge is 2.15. The number of aromatic carboxylic acids is 1. The smallest absolute Gasteiger partial charge is 0.335 e. The molecular formula is C15H22N2O4. The monoisotopic (exact) mass is 294 g/mol. The summed E-state index contributed by atoms with van der Waals surface area (Å²) in [6.45, 7) is 5.35. The lowest BCUT2D eigenvalue weighted by Crippen LogP contribution is -2.44. The molecule has 0 aliphatic heterocycles. The van der Waals surface area contributed by atoms with Crippen LogP contribution in [0.2, 0.25) is 0 Å². The van der Waals surface area contributed by atoms with Gasteiger partial charge in [-0.1, -0.05) is 0 Å². The number of benzene rings is 1. The Bertz CT molecular complexity index is 473. The zero-order chi connectivity index (χ0) is 15.8. The third kappa shape index (κ3) is 5.43. The molecule has 6 heteroatoms. The lowest BCUT2D eigenvalue weighted by molar-refractivity contribution is -0.131. The first kappa shape index (κ1) is 17.0. The molecule has 1 rings (SSSR count). The van der Waals surface area contributed by atoms with Crippen LogP contribution in [0.3, 0.4) is 0 Å². The third-order valence-corrected chi connectivity index (χ3v) is 3.14. The minimum absolute atomic E-state index is 0.0447. The zero-order valence-corrected chi connectivity index (χ0v) is 12.6. The van der Waals surface area contributed by atoms with E-state index in [1.165, 1.54) is 12.1 Å². The number of carbonyl (C=O) groups is 2. The first-order chi connectivity index (χ1) is 9.95. The number of rotatable bonds is 8. The molecule has 0 aromatic heterocycles. The molecule has 2 N–H and O–H groups in total. The Hall–Kier alpha value is -2.08. The Morgan fingerprint density at radius 1 is 1.33 bits per heavy atom. The molecule has 1 aromatic rings. The summed E-state index contributed by atoms with van der Waals surface area (Å²) < 4.78 is 5.48. The third-order valence-electron chi connectivity index (χ3n) is 3.14. The molecule has 1 unspecified atom stereocenters. The summed E-state index contributed by atoms with van der Waals surface area (Å²) in [5, 5.41) is 11.9. The van der Waals surface area contributed by atoms with Crippen LogP contribution in [-0.4, -0.2) is 54.7 Å². The molecule has 1 aromatic carbocycles. The minimum Gasteiger partial charge on any atom is -0.492 e. The maximum atomic E-state index is 11.8. The van der Waals surface area contributed by atoms with Crippen molar-refractivity contribution in [1.82, 2.24) is 10.2 Å². The van der Waals surface area contributed by atoms with E-state index < -0.39 is 5.97 Å². The summed E-state index contributed by atoms with van der Waals surface area (Å²) in [7, 11) is 1.76. The van der Waals surface area contributed by atoms with E-state index >= 15 is 0 Å². The first-order valence-corrected chi connectivity index (χ1v) is 6.90. The van der Waals surface area contributed by atoms with Crippen molar-refractivity contribution in [3.05, 3.63) is 29.8 Å². The summed E-state index contributed by atoms with van der Waals surface area (Å²) in [6.07, 6.45) is 0. The van der Waals surface area contributed by atoms with Gasteiger partial charge in [-0.25, -0.2) is 4.79 Å². The summed E-state index contributed by atoms with van der Waals surface area (Å²) in [4.78, 5) is 24.2. The molecule has 1 amide bonds. The van der Waals surface area contributed by atoms with Gasteiger partial charge in [0.05, 0.1) is 11.6 Å². The number of likely N-dealkylation sites (N-methyl/N-ethyl adjacent to an activating group) is 1. The predicted octanol–water partition coefficient (Wildman–Crippen LogP) is 1.22. The van der Waals surface area contributed by atoms with Gasteiger partial charge < -0.3 is 20.1 Å². The molecule has 0 radical (unpaired) electrons. The van der Waals surface area contributed by atoms with Crippen LogP contribution in [0.15, 0.2) is 24.3 Å². The zero-order valence-electron chi connectivity index (χ0n) is 12.6. The summed E-state index contributed by atoms with van der Waals surface area (Å²) in [5.41, 5.74) is 0.224. The van der Waals surface area contributed by atoms with E-state index in [0.717, 1.165) is 0 Å². The molecule has 0 aliphatic rings.